The van der Waals surface area contributed by atoms with Crippen LogP contribution in [0.4, 0.5) is 10.1 Å². The lowest BCUT2D eigenvalue weighted by Gasteiger charge is -2.08. The van der Waals surface area contributed by atoms with Crippen molar-refractivity contribution in [3.8, 4) is 0 Å². The van der Waals surface area contributed by atoms with E-state index in [-0.39, 0.29) is 12.1 Å². The van der Waals surface area contributed by atoms with Gasteiger partial charge in [-0.1, -0.05) is 16.1 Å². The smallest absolute Gasteiger partial charge is 0.253 e. The summed E-state index contributed by atoms with van der Waals surface area (Å²) < 4.78 is 18.6. The number of H-pyrrole nitrogens is 1. The van der Waals surface area contributed by atoms with Crippen molar-refractivity contribution in [2.24, 2.45) is 0 Å². The monoisotopic (exact) mass is 360 g/mol. The highest BCUT2D eigenvalue weighted by Crippen LogP contribution is 2.24. The minimum absolute atomic E-state index is 0.187. The minimum atomic E-state index is -0.435. The molecular weight excluding hydrogens is 351 g/mol. The molecule has 2 aromatic heterocycles. The van der Waals surface area contributed by atoms with Gasteiger partial charge >= 0.3 is 0 Å². The number of halogens is 2. The molecule has 2 N–H and O–H groups in total. The molecule has 0 amide bonds. The average molecular weight is 361 g/mol. The van der Waals surface area contributed by atoms with Crippen molar-refractivity contribution in [3.05, 3.63) is 63.2 Å². The van der Waals surface area contributed by atoms with E-state index in [1.165, 1.54) is 17.6 Å². The highest BCUT2D eigenvalue weighted by molar-refractivity contribution is 7.12. The van der Waals surface area contributed by atoms with Crippen LogP contribution in [0.3, 0.4) is 0 Å². The van der Waals surface area contributed by atoms with E-state index in [1.807, 2.05) is 0 Å². The maximum Gasteiger partial charge on any atom is 0.253 e. The van der Waals surface area contributed by atoms with Gasteiger partial charge in [-0.05, 0) is 41.9 Å². The van der Waals surface area contributed by atoms with Crippen LogP contribution >= 0.6 is 23.1 Å². The second-order valence-electron chi connectivity index (χ2n) is 5.28. The Balaban J connectivity index is 1.67. The fourth-order valence-corrected chi connectivity index (χ4v) is 3.24. The molecule has 8 heteroatoms. The first-order chi connectivity index (χ1) is 11.6. The standard InChI is InChI=1S/C16H10ClFN4OS/c17-10-1-2-12-8(4-10)3-9(16(23)20-12)7-19-13-6-15-14(5-11(13)18)21-22-24-15/h1-6,19H,7H2,(H,20,23). The molecule has 0 aliphatic rings. The van der Waals surface area contributed by atoms with E-state index in [2.05, 4.69) is 19.9 Å². The molecule has 0 aliphatic carbocycles. The number of pyridine rings is 1. The van der Waals surface area contributed by atoms with Crippen LogP contribution in [0.2, 0.25) is 5.02 Å². The van der Waals surface area contributed by atoms with E-state index >= 15 is 0 Å². The summed E-state index contributed by atoms with van der Waals surface area (Å²) in [6.07, 6.45) is 0. The number of aromatic nitrogens is 3. The molecule has 0 radical (unpaired) electrons. The maximum absolute atomic E-state index is 14.1. The van der Waals surface area contributed by atoms with Gasteiger partial charge in [0.2, 0.25) is 0 Å². The van der Waals surface area contributed by atoms with Crippen LogP contribution < -0.4 is 10.9 Å². The number of benzene rings is 2. The summed E-state index contributed by atoms with van der Waals surface area (Å²) in [6.45, 7) is 0.187. The van der Waals surface area contributed by atoms with Gasteiger partial charge in [0, 0.05) is 34.1 Å². The third kappa shape index (κ3) is 2.72. The molecule has 0 atom stereocenters. The summed E-state index contributed by atoms with van der Waals surface area (Å²) >= 11 is 7.17. The summed E-state index contributed by atoms with van der Waals surface area (Å²) in [5, 5.41) is 8.19. The predicted octanol–water partition coefficient (Wildman–Crippen LogP) is 3.94. The first kappa shape index (κ1) is 15.0. The molecule has 2 heterocycles. The van der Waals surface area contributed by atoms with E-state index in [1.54, 1.807) is 30.3 Å². The summed E-state index contributed by atoms with van der Waals surface area (Å²) in [7, 11) is 0. The lowest BCUT2D eigenvalue weighted by molar-refractivity contribution is 0.631. The zero-order valence-corrected chi connectivity index (χ0v) is 13.7. The Kier molecular flexibility index (Phi) is 3.66. The predicted molar refractivity (Wildman–Crippen MR) is 94.3 cm³/mol. The Morgan fingerprint density at radius 3 is 3.00 bits per heavy atom. The van der Waals surface area contributed by atoms with Crippen molar-refractivity contribution in [2.45, 2.75) is 6.54 Å². The van der Waals surface area contributed by atoms with Gasteiger partial charge in [-0.2, -0.15) is 0 Å². The van der Waals surface area contributed by atoms with Crippen molar-refractivity contribution in [1.82, 2.24) is 14.6 Å². The van der Waals surface area contributed by atoms with Crippen molar-refractivity contribution in [1.29, 1.82) is 0 Å². The topological polar surface area (TPSA) is 70.7 Å². The molecule has 0 saturated carbocycles. The zero-order chi connectivity index (χ0) is 16.7. The van der Waals surface area contributed by atoms with Gasteiger partial charge in [0.25, 0.3) is 5.56 Å². The number of nitrogens with zero attached hydrogens (tertiary/aromatic N) is 2. The summed E-state index contributed by atoms with van der Waals surface area (Å²) in [5.74, 6) is -0.435. The molecule has 4 rings (SSSR count). The Labute approximate surface area is 144 Å². The highest BCUT2D eigenvalue weighted by Gasteiger charge is 2.09. The molecule has 0 fully saturated rings. The number of anilines is 1. The molecule has 2 aromatic carbocycles. The molecular formula is C16H10ClFN4OS. The third-order valence-corrected chi connectivity index (χ3v) is 4.61. The van der Waals surface area contributed by atoms with E-state index in [9.17, 15) is 9.18 Å². The van der Waals surface area contributed by atoms with E-state index in [0.717, 1.165) is 10.1 Å². The van der Waals surface area contributed by atoms with E-state index in [0.29, 0.717) is 27.3 Å². The molecule has 120 valence electrons. The molecule has 5 nitrogen and oxygen atoms in total. The zero-order valence-electron chi connectivity index (χ0n) is 12.1. The lowest BCUT2D eigenvalue weighted by atomic mass is 10.1. The second kappa shape index (κ2) is 5.85. The SMILES string of the molecule is O=c1[nH]c2ccc(Cl)cc2cc1CNc1cc2snnc2cc1F. The van der Waals surface area contributed by atoms with Gasteiger partial charge in [0.05, 0.1) is 10.4 Å². The van der Waals surface area contributed by atoms with Crippen LogP contribution in [0.25, 0.3) is 21.1 Å². The molecule has 0 aliphatic heterocycles. The Morgan fingerprint density at radius 2 is 2.12 bits per heavy atom. The number of aromatic amines is 1. The molecule has 0 unspecified atom stereocenters. The van der Waals surface area contributed by atoms with Crippen molar-refractivity contribution in [3.63, 3.8) is 0 Å². The van der Waals surface area contributed by atoms with Crippen LogP contribution in [0.5, 0.6) is 0 Å². The Morgan fingerprint density at radius 1 is 1.25 bits per heavy atom. The normalized spacial score (nSPS) is 11.2. The van der Waals surface area contributed by atoms with E-state index in [4.69, 9.17) is 11.6 Å². The van der Waals surface area contributed by atoms with Crippen molar-refractivity contribution >= 4 is 49.9 Å². The van der Waals surface area contributed by atoms with Crippen LogP contribution in [0.15, 0.2) is 41.2 Å². The van der Waals surface area contributed by atoms with Gasteiger partial charge in [0.1, 0.15) is 11.3 Å². The van der Waals surface area contributed by atoms with Crippen LogP contribution in [-0.4, -0.2) is 14.6 Å². The number of rotatable bonds is 3. The van der Waals surface area contributed by atoms with Crippen LogP contribution in [-0.2, 0) is 6.54 Å². The lowest BCUT2D eigenvalue weighted by Crippen LogP contribution is -2.16. The third-order valence-electron chi connectivity index (χ3n) is 3.69. The summed E-state index contributed by atoms with van der Waals surface area (Å²) in [5.41, 5.74) is 1.79. The summed E-state index contributed by atoms with van der Waals surface area (Å²) in [6, 6.07) is 9.95. The number of nitrogens with one attached hydrogen (secondary N) is 2. The van der Waals surface area contributed by atoms with Gasteiger partial charge in [0.15, 0.2) is 0 Å². The highest BCUT2D eigenvalue weighted by atomic mass is 35.5. The molecule has 24 heavy (non-hydrogen) atoms. The van der Waals surface area contributed by atoms with Gasteiger partial charge in [-0.3, -0.25) is 4.79 Å². The quantitative estimate of drug-likeness (QED) is 0.580. The summed E-state index contributed by atoms with van der Waals surface area (Å²) in [4.78, 5) is 15.0. The van der Waals surface area contributed by atoms with Crippen LogP contribution in [0, 0.1) is 5.82 Å². The Hall–Kier alpha value is -2.51. The minimum Gasteiger partial charge on any atom is -0.378 e. The molecule has 0 saturated heterocycles. The van der Waals surface area contributed by atoms with E-state index < -0.39 is 5.82 Å². The van der Waals surface area contributed by atoms with Gasteiger partial charge in [-0.25, -0.2) is 4.39 Å². The molecule has 0 bridgehead atoms. The number of hydrogen-bond acceptors (Lipinski definition) is 5. The number of hydrogen-bond donors (Lipinski definition) is 2. The maximum atomic E-state index is 14.1. The molecule has 4 aromatic rings. The van der Waals surface area contributed by atoms with Gasteiger partial charge in [-0.15, -0.1) is 5.10 Å². The first-order valence-electron chi connectivity index (χ1n) is 7.07. The van der Waals surface area contributed by atoms with Crippen molar-refractivity contribution in [2.75, 3.05) is 5.32 Å². The van der Waals surface area contributed by atoms with Gasteiger partial charge < -0.3 is 10.3 Å². The fourth-order valence-electron chi connectivity index (χ4n) is 2.48. The largest absolute Gasteiger partial charge is 0.378 e. The molecule has 0 spiro atoms. The van der Waals surface area contributed by atoms with Crippen LogP contribution in [0.1, 0.15) is 5.56 Å². The first-order valence-corrected chi connectivity index (χ1v) is 8.22. The average Bonchev–Trinajstić information content (AvgIpc) is 3.00. The van der Waals surface area contributed by atoms with Crippen molar-refractivity contribution < 1.29 is 4.39 Å². The number of fused-ring (bicyclic) bond motifs is 2. The second-order valence-corrected chi connectivity index (χ2v) is 6.50. The Bertz CT molecular complexity index is 1120. The fraction of sp³-hybridized carbons (Fsp3) is 0.0625.